The second kappa shape index (κ2) is 7.49. The molecule has 1 saturated heterocycles. The predicted molar refractivity (Wildman–Crippen MR) is 109 cm³/mol. The number of hydrogen-bond acceptors (Lipinski definition) is 2. The molecule has 1 aliphatic carbocycles. The molecule has 1 aromatic carbocycles. The first-order valence-corrected chi connectivity index (χ1v) is 10.5. The number of fused-ring (bicyclic) bond motifs is 1. The van der Waals surface area contributed by atoms with Crippen molar-refractivity contribution in [1.82, 2.24) is 14.7 Å². The Balaban J connectivity index is 1.65. The minimum absolute atomic E-state index is 0.169. The van der Waals surface area contributed by atoms with E-state index in [4.69, 9.17) is 0 Å². The maximum absolute atomic E-state index is 13.5. The van der Waals surface area contributed by atoms with E-state index < -0.39 is 0 Å². The molecule has 2 fully saturated rings. The first-order chi connectivity index (χ1) is 13.1. The van der Waals surface area contributed by atoms with Crippen LogP contribution in [0.15, 0.2) is 30.5 Å². The van der Waals surface area contributed by atoms with Crippen molar-refractivity contribution >= 4 is 5.91 Å². The van der Waals surface area contributed by atoms with Gasteiger partial charge in [-0.05, 0) is 43.1 Å². The number of aryl methyl sites for hydroxylation is 1. The topological polar surface area (TPSA) is 38.1 Å². The molecule has 0 spiro atoms. The highest BCUT2D eigenvalue weighted by Gasteiger charge is 2.37. The van der Waals surface area contributed by atoms with Gasteiger partial charge in [-0.1, -0.05) is 51.0 Å². The van der Waals surface area contributed by atoms with E-state index in [-0.39, 0.29) is 5.91 Å². The fraction of sp³-hybridized carbons (Fsp3) is 0.565. The molecular formula is C23H31N3O. The van der Waals surface area contributed by atoms with E-state index in [1.54, 1.807) is 6.20 Å². The van der Waals surface area contributed by atoms with Gasteiger partial charge in [0.1, 0.15) is 0 Å². The number of carbonyl (C=O) groups excluding carboxylic acids is 1. The molecule has 0 N–H and O–H groups in total. The average molecular weight is 366 g/mol. The summed E-state index contributed by atoms with van der Waals surface area (Å²) in [6.45, 7) is 5.29. The van der Waals surface area contributed by atoms with Gasteiger partial charge in [0.05, 0.1) is 17.5 Å². The van der Waals surface area contributed by atoms with Crippen LogP contribution in [-0.2, 0) is 7.05 Å². The Morgan fingerprint density at radius 2 is 1.78 bits per heavy atom. The van der Waals surface area contributed by atoms with Crippen molar-refractivity contribution in [3.63, 3.8) is 0 Å². The van der Waals surface area contributed by atoms with Gasteiger partial charge in [0.15, 0.2) is 0 Å². The number of rotatable bonds is 3. The van der Waals surface area contributed by atoms with E-state index >= 15 is 0 Å². The van der Waals surface area contributed by atoms with Gasteiger partial charge in [0, 0.05) is 25.2 Å². The van der Waals surface area contributed by atoms with Crippen molar-refractivity contribution in [2.45, 2.75) is 64.3 Å². The van der Waals surface area contributed by atoms with Crippen LogP contribution >= 0.6 is 0 Å². The molecule has 1 saturated carbocycles. The maximum Gasteiger partial charge on any atom is 0.257 e. The quantitative estimate of drug-likeness (QED) is 0.767. The number of benzene rings is 1. The molecule has 1 aliphatic heterocycles. The number of hydrogen-bond donors (Lipinski definition) is 0. The Labute approximate surface area is 162 Å². The Hall–Kier alpha value is -2.10. The third-order valence-electron chi connectivity index (χ3n) is 6.52. The van der Waals surface area contributed by atoms with Gasteiger partial charge < -0.3 is 4.90 Å². The second-order valence-electron chi connectivity index (χ2n) is 8.56. The first-order valence-electron chi connectivity index (χ1n) is 10.5. The van der Waals surface area contributed by atoms with Crippen LogP contribution in [0.5, 0.6) is 0 Å². The molecule has 0 radical (unpaired) electrons. The molecule has 27 heavy (non-hydrogen) atoms. The molecule has 4 rings (SSSR count). The first kappa shape index (κ1) is 18.3. The van der Waals surface area contributed by atoms with Crippen LogP contribution in [0.25, 0.3) is 11.3 Å². The number of aromatic nitrogens is 2. The summed E-state index contributed by atoms with van der Waals surface area (Å²) >= 11 is 0. The summed E-state index contributed by atoms with van der Waals surface area (Å²) in [5.74, 6) is 1.37. The average Bonchev–Trinajstić information content (AvgIpc) is 3.08. The van der Waals surface area contributed by atoms with Gasteiger partial charge in [-0.25, -0.2) is 0 Å². The fourth-order valence-corrected chi connectivity index (χ4v) is 4.99. The van der Waals surface area contributed by atoms with Crippen LogP contribution in [0.3, 0.4) is 0 Å². The molecule has 4 nitrogen and oxygen atoms in total. The van der Waals surface area contributed by atoms with Crippen molar-refractivity contribution in [2.75, 3.05) is 6.54 Å². The molecule has 2 aromatic rings. The van der Waals surface area contributed by atoms with Crippen LogP contribution < -0.4 is 0 Å². The zero-order valence-electron chi connectivity index (χ0n) is 16.8. The van der Waals surface area contributed by atoms with E-state index in [1.807, 2.05) is 11.7 Å². The smallest absolute Gasteiger partial charge is 0.257 e. The van der Waals surface area contributed by atoms with E-state index in [0.717, 1.165) is 36.2 Å². The maximum atomic E-state index is 13.5. The molecule has 2 unspecified atom stereocenters. The van der Waals surface area contributed by atoms with Gasteiger partial charge in [-0.3, -0.25) is 9.48 Å². The zero-order valence-corrected chi connectivity index (χ0v) is 16.8. The number of nitrogens with zero attached hydrogens (tertiary/aromatic N) is 3. The lowest BCUT2D eigenvalue weighted by Crippen LogP contribution is -2.49. The van der Waals surface area contributed by atoms with Gasteiger partial charge in [-0.15, -0.1) is 0 Å². The summed E-state index contributed by atoms with van der Waals surface area (Å²) < 4.78 is 1.85. The minimum atomic E-state index is 0.169. The summed E-state index contributed by atoms with van der Waals surface area (Å²) in [5, 5.41) is 4.44. The van der Waals surface area contributed by atoms with Crippen molar-refractivity contribution in [2.24, 2.45) is 13.0 Å². The summed E-state index contributed by atoms with van der Waals surface area (Å²) in [5.41, 5.74) is 4.07. The van der Waals surface area contributed by atoms with Crippen LogP contribution in [0.1, 0.15) is 74.2 Å². The Kier molecular flexibility index (Phi) is 5.07. The molecule has 144 valence electrons. The monoisotopic (exact) mass is 365 g/mol. The summed E-state index contributed by atoms with van der Waals surface area (Å²) in [4.78, 5) is 15.7. The SMILES string of the molecule is CC(C)c1ccc(-c2c(C(=O)N3CCCC4CCCCC43)cnn2C)cc1. The Morgan fingerprint density at radius 3 is 2.52 bits per heavy atom. The van der Waals surface area contributed by atoms with Gasteiger partial charge >= 0.3 is 0 Å². The standard InChI is InChI=1S/C23H31N3O/c1-16(2)17-10-12-19(13-11-17)22-20(15-24-25(22)3)23(27)26-14-6-8-18-7-4-5-9-21(18)26/h10-13,15-16,18,21H,4-9,14H2,1-3H3. The van der Waals surface area contributed by atoms with Crippen molar-refractivity contribution < 1.29 is 4.79 Å². The Morgan fingerprint density at radius 1 is 1.07 bits per heavy atom. The molecular weight excluding hydrogens is 334 g/mol. The van der Waals surface area contributed by atoms with Crippen LogP contribution in [0, 0.1) is 5.92 Å². The highest BCUT2D eigenvalue weighted by molar-refractivity contribution is 6.00. The second-order valence-corrected chi connectivity index (χ2v) is 8.56. The summed E-state index contributed by atoms with van der Waals surface area (Å²) in [6, 6.07) is 9.01. The number of piperidine rings is 1. The lowest BCUT2D eigenvalue weighted by molar-refractivity contribution is 0.0391. The summed E-state index contributed by atoms with van der Waals surface area (Å²) in [7, 11) is 1.93. The largest absolute Gasteiger partial charge is 0.335 e. The third kappa shape index (κ3) is 3.42. The normalized spacial score (nSPS) is 22.7. The van der Waals surface area contributed by atoms with Gasteiger partial charge in [0.2, 0.25) is 0 Å². The Bertz CT molecular complexity index is 804. The predicted octanol–water partition coefficient (Wildman–Crippen LogP) is 5.01. The number of likely N-dealkylation sites (tertiary alicyclic amines) is 1. The third-order valence-corrected chi connectivity index (χ3v) is 6.52. The van der Waals surface area contributed by atoms with Crippen molar-refractivity contribution in [3.05, 3.63) is 41.6 Å². The van der Waals surface area contributed by atoms with E-state index in [9.17, 15) is 4.79 Å². The highest BCUT2D eigenvalue weighted by Crippen LogP contribution is 2.37. The molecule has 4 heteroatoms. The van der Waals surface area contributed by atoms with Crippen LogP contribution in [-0.4, -0.2) is 33.2 Å². The molecule has 1 amide bonds. The number of carbonyl (C=O) groups is 1. The van der Waals surface area contributed by atoms with Crippen LogP contribution in [0.2, 0.25) is 0 Å². The summed E-state index contributed by atoms with van der Waals surface area (Å²) in [6.07, 6.45) is 9.20. The lowest BCUT2D eigenvalue weighted by Gasteiger charge is -2.44. The molecule has 2 heterocycles. The fourth-order valence-electron chi connectivity index (χ4n) is 4.99. The van der Waals surface area contributed by atoms with Gasteiger partial charge in [-0.2, -0.15) is 5.10 Å². The zero-order chi connectivity index (χ0) is 19.0. The molecule has 2 atom stereocenters. The van der Waals surface area contributed by atoms with Crippen molar-refractivity contribution in [3.8, 4) is 11.3 Å². The van der Waals surface area contributed by atoms with E-state index in [2.05, 4.69) is 48.1 Å². The van der Waals surface area contributed by atoms with E-state index in [1.165, 1.54) is 31.2 Å². The van der Waals surface area contributed by atoms with E-state index in [0.29, 0.717) is 17.9 Å². The van der Waals surface area contributed by atoms with Gasteiger partial charge in [0.25, 0.3) is 5.91 Å². The molecule has 1 aromatic heterocycles. The lowest BCUT2D eigenvalue weighted by atomic mass is 9.78. The van der Waals surface area contributed by atoms with Crippen molar-refractivity contribution in [1.29, 1.82) is 0 Å². The molecule has 2 aliphatic rings. The van der Waals surface area contributed by atoms with Crippen LogP contribution in [0.4, 0.5) is 0 Å². The number of amides is 1. The minimum Gasteiger partial charge on any atom is -0.335 e. The highest BCUT2D eigenvalue weighted by atomic mass is 16.2. The molecule has 0 bridgehead atoms.